The summed E-state index contributed by atoms with van der Waals surface area (Å²) >= 11 is 1.59. The lowest BCUT2D eigenvalue weighted by Gasteiger charge is -2.15. The zero-order chi connectivity index (χ0) is 15.4. The molecule has 0 bridgehead atoms. The second kappa shape index (κ2) is 6.72. The highest BCUT2D eigenvalue weighted by Crippen LogP contribution is 2.21. The van der Waals surface area contributed by atoms with E-state index >= 15 is 0 Å². The van der Waals surface area contributed by atoms with Gasteiger partial charge in [-0.3, -0.25) is 4.79 Å². The Morgan fingerprint density at radius 2 is 2.18 bits per heavy atom. The number of para-hydroxylation sites is 1. The summed E-state index contributed by atoms with van der Waals surface area (Å²) in [7, 11) is 1.73. The van der Waals surface area contributed by atoms with Gasteiger partial charge in [0.15, 0.2) is 0 Å². The van der Waals surface area contributed by atoms with Crippen molar-refractivity contribution in [3.05, 3.63) is 53.4 Å². The fourth-order valence-corrected chi connectivity index (χ4v) is 2.95. The van der Waals surface area contributed by atoms with E-state index in [0.717, 1.165) is 21.0 Å². The molecule has 3 aromatic rings. The maximum atomic E-state index is 12.0. The fourth-order valence-electron chi connectivity index (χ4n) is 2.04. The first kappa shape index (κ1) is 14.7. The number of hydrogen-bond donors (Lipinski definition) is 0. The number of rotatable bonds is 6. The van der Waals surface area contributed by atoms with Crippen LogP contribution in [0.3, 0.4) is 0 Å². The van der Waals surface area contributed by atoms with Gasteiger partial charge in [-0.1, -0.05) is 12.1 Å². The van der Waals surface area contributed by atoms with Gasteiger partial charge in [0.1, 0.15) is 17.4 Å². The second-order valence-electron chi connectivity index (χ2n) is 4.90. The van der Waals surface area contributed by atoms with E-state index < -0.39 is 0 Å². The normalized spacial score (nSPS) is 11.0. The first-order valence-corrected chi connectivity index (χ1v) is 7.72. The third-order valence-corrected chi connectivity index (χ3v) is 4.20. The molecule has 0 spiro atoms. The number of ether oxygens (including phenoxy) is 1. The van der Waals surface area contributed by atoms with Crippen molar-refractivity contribution >= 4 is 27.5 Å². The van der Waals surface area contributed by atoms with Crippen molar-refractivity contribution in [2.45, 2.75) is 13.2 Å². The van der Waals surface area contributed by atoms with E-state index in [2.05, 4.69) is 4.98 Å². The minimum absolute atomic E-state index is 0.0349. The van der Waals surface area contributed by atoms with Crippen LogP contribution in [0.1, 0.15) is 10.8 Å². The van der Waals surface area contributed by atoms with Crippen molar-refractivity contribution in [3.63, 3.8) is 0 Å². The van der Waals surface area contributed by atoms with Crippen molar-refractivity contribution in [2.24, 2.45) is 0 Å². The van der Waals surface area contributed by atoms with Crippen molar-refractivity contribution in [1.82, 2.24) is 9.88 Å². The topological polar surface area (TPSA) is 55.6 Å². The molecule has 0 fully saturated rings. The summed E-state index contributed by atoms with van der Waals surface area (Å²) in [4.78, 5) is 18.0. The molecule has 0 atom stereocenters. The molecular formula is C16H16N2O3S. The Morgan fingerprint density at radius 1 is 1.32 bits per heavy atom. The summed E-state index contributed by atoms with van der Waals surface area (Å²) in [5, 5.41) is 0.877. The molecule has 0 aliphatic rings. The van der Waals surface area contributed by atoms with E-state index in [1.54, 1.807) is 35.6 Å². The molecule has 1 aromatic carbocycles. The largest absolute Gasteiger partial charge is 0.467 e. The molecule has 0 N–H and O–H groups in total. The van der Waals surface area contributed by atoms with Crippen LogP contribution in [-0.2, 0) is 22.7 Å². The Labute approximate surface area is 132 Å². The summed E-state index contributed by atoms with van der Waals surface area (Å²) in [5.74, 6) is 0.666. The number of thiazole rings is 1. The highest BCUT2D eigenvalue weighted by atomic mass is 32.1. The van der Waals surface area contributed by atoms with Crippen LogP contribution in [0.25, 0.3) is 10.2 Å². The fraction of sp³-hybridized carbons (Fsp3) is 0.250. The molecule has 0 saturated heterocycles. The summed E-state index contributed by atoms with van der Waals surface area (Å²) < 4.78 is 11.8. The van der Waals surface area contributed by atoms with Crippen LogP contribution in [0, 0.1) is 0 Å². The van der Waals surface area contributed by atoms with Crippen LogP contribution in [0.5, 0.6) is 0 Å². The highest BCUT2D eigenvalue weighted by molar-refractivity contribution is 7.18. The molecule has 0 saturated carbocycles. The standard InChI is InChI=1S/C16H16N2O3S/c1-18(9-12-5-4-8-21-12)16(19)11-20-10-15-17-13-6-2-3-7-14(13)22-15/h2-8H,9-11H2,1H3. The van der Waals surface area contributed by atoms with Gasteiger partial charge in [0.05, 0.1) is 29.6 Å². The van der Waals surface area contributed by atoms with Gasteiger partial charge < -0.3 is 14.1 Å². The molecule has 1 amide bonds. The molecule has 0 unspecified atom stereocenters. The smallest absolute Gasteiger partial charge is 0.248 e. The maximum Gasteiger partial charge on any atom is 0.248 e. The number of hydrogen-bond acceptors (Lipinski definition) is 5. The Kier molecular flexibility index (Phi) is 4.50. The van der Waals surface area contributed by atoms with E-state index in [-0.39, 0.29) is 12.5 Å². The molecule has 5 nitrogen and oxygen atoms in total. The van der Waals surface area contributed by atoms with Crippen molar-refractivity contribution in [2.75, 3.05) is 13.7 Å². The number of carbonyl (C=O) groups excluding carboxylic acids is 1. The molecule has 3 rings (SSSR count). The van der Waals surface area contributed by atoms with Gasteiger partial charge in [0.2, 0.25) is 5.91 Å². The average molecular weight is 316 g/mol. The van der Waals surface area contributed by atoms with E-state index in [1.807, 2.05) is 30.3 Å². The van der Waals surface area contributed by atoms with Crippen molar-refractivity contribution in [1.29, 1.82) is 0 Å². The zero-order valence-corrected chi connectivity index (χ0v) is 13.0. The molecular weight excluding hydrogens is 300 g/mol. The predicted molar refractivity (Wildman–Crippen MR) is 84.5 cm³/mol. The van der Waals surface area contributed by atoms with Gasteiger partial charge in [0, 0.05) is 7.05 Å². The summed E-state index contributed by atoms with van der Waals surface area (Å²) in [5.41, 5.74) is 0.965. The molecule has 0 aliphatic carbocycles. The molecule has 22 heavy (non-hydrogen) atoms. The lowest BCUT2D eigenvalue weighted by Crippen LogP contribution is -2.29. The maximum absolute atomic E-state index is 12.0. The summed E-state index contributed by atoms with van der Waals surface area (Å²) in [6.07, 6.45) is 1.59. The first-order chi connectivity index (χ1) is 10.7. The SMILES string of the molecule is CN(Cc1ccco1)C(=O)COCc1nc2ccccc2s1. The number of nitrogens with zero attached hydrogens (tertiary/aromatic N) is 2. The lowest BCUT2D eigenvalue weighted by molar-refractivity contribution is -0.136. The quantitative estimate of drug-likeness (QED) is 0.701. The van der Waals surface area contributed by atoms with E-state index in [1.165, 1.54) is 0 Å². The minimum atomic E-state index is -0.0856. The number of furan rings is 1. The lowest BCUT2D eigenvalue weighted by atomic mass is 10.3. The van der Waals surface area contributed by atoms with Gasteiger partial charge in [-0.05, 0) is 24.3 Å². The number of carbonyl (C=O) groups is 1. The molecule has 6 heteroatoms. The average Bonchev–Trinajstić information content (AvgIpc) is 3.15. The number of amides is 1. The monoisotopic (exact) mass is 316 g/mol. The summed E-state index contributed by atoms with van der Waals surface area (Å²) in [6.45, 7) is 0.823. The van der Waals surface area contributed by atoms with Crippen molar-refractivity contribution in [3.8, 4) is 0 Å². The molecule has 114 valence electrons. The highest BCUT2D eigenvalue weighted by Gasteiger charge is 2.11. The van der Waals surface area contributed by atoms with E-state index in [9.17, 15) is 4.79 Å². The Morgan fingerprint density at radius 3 is 2.95 bits per heavy atom. The molecule has 2 aromatic heterocycles. The summed E-state index contributed by atoms with van der Waals surface area (Å²) in [6, 6.07) is 11.6. The number of benzene rings is 1. The Balaban J connectivity index is 1.48. The molecule has 2 heterocycles. The Bertz CT molecular complexity index is 719. The number of likely N-dealkylation sites (N-methyl/N-ethyl adjacent to an activating group) is 1. The predicted octanol–water partition coefficient (Wildman–Crippen LogP) is 3.06. The van der Waals surface area contributed by atoms with Crippen molar-refractivity contribution < 1.29 is 13.9 Å². The van der Waals surface area contributed by atoms with Crippen LogP contribution in [-0.4, -0.2) is 29.4 Å². The van der Waals surface area contributed by atoms with Gasteiger partial charge in [-0.15, -0.1) is 11.3 Å². The van der Waals surface area contributed by atoms with Gasteiger partial charge >= 0.3 is 0 Å². The molecule has 0 radical (unpaired) electrons. The Hall–Kier alpha value is -2.18. The van der Waals surface area contributed by atoms with Gasteiger partial charge in [0.25, 0.3) is 0 Å². The van der Waals surface area contributed by atoms with E-state index in [0.29, 0.717) is 13.2 Å². The van der Waals surface area contributed by atoms with Gasteiger partial charge in [-0.25, -0.2) is 4.98 Å². The first-order valence-electron chi connectivity index (χ1n) is 6.91. The zero-order valence-electron chi connectivity index (χ0n) is 12.2. The minimum Gasteiger partial charge on any atom is -0.467 e. The van der Waals surface area contributed by atoms with Crippen LogP contribution in [0.4, 0.5) is 0 Å². The van der Waals surface area contributed by atoms with E-state index in [4.69, 9.17) is 9.15 Å². The third-order valence-electron chi connectivity index (χ3n) is 3.19. The van der Waals surface area contributed by atoms with Crippen LogP contribution >= 0.6 is 11.3 Å². The second-order valence-corrected chi connectivity index (χ2v) is 6.01. The third kappa shape index (κ3) is 3.52. The van der Waals surface area contributed by atoms with Crippen LogP contribution < -0.4 is 0 Å². The van der Waals surface area contributed by atoms with Gasteiger partial charge in [-0.2, -0.15) is 0 Å². The number of aromatic nitrogens is 1. The number of fused-ring (bicyclic) bond motifs is 1. The molecule has 0 aliphatic heterocycles. The van der Waals surface area contributed by atoms with Crippen LogP contribution in [0.15, 0.2) is 47.1 Å². The van der Waals surface area contributed by atoms with Crippen LogP contribution in [0.2, 0.25) is 0 Å².